The predicted octanol–water partition coefficient (Wildman–Crippen LogP) is 2.77. The van der Waals surface area contributed by atoms with Crippen LogP contribution in [-0.4, -0.2) is 40.1 Å². The molecule has 0 spiro atoms. The number of hydrogen-bond donors (Lipinski definition) is 1. The first-order valence-corrected chi connectivity index (χ1v) is 10.8. The molecule has 132 valence electrons. The molecule has 2 aliphatic rings. The zero-order valence-corrected chi connectivity index (χ0v) is 15.0. The van der Waals surface area contributed by atoms with E-state index >= 15 is 0 Å². The van der Waals surface area contributed by atoms with E-state index < -0.39 is 9.73 Å². The highest BCUT2D eigenvalue weighted by molar-refractivity contribution is 7.91. The van der Waals surface area contributed by atoms with Gasteiger partial charge in [-0.15, -0.1) is 0 Å². The number of nitrogens with one attached hydrogen (secondary N) is 1. The topological polar surface area (TPSA) is 61.2 Å². The molecule has 1 aliphatic heterocycles. The van der Waals surface area contributed by atoms with Gasteiger partial charge in [-0.3, -0.25) is 13.8 Å². The number of carbonyl (C=O) groups is 1. The summed E-state index contributed by atoms with van der Waals surface area (Å²) in [5, 5.41) is 0. The molecule has 1 unspecified atom stereocenters. The summed E-state index contributed by atoms with van der Waals surface area (Å²) in [7, 11) is -2.48. The van der Waals surface area contributed by atoms with E-state index in [0.29, 0.717) is 31.7 Å². The number of amides is 1. The molecule has 1 aliphatic carbocycles. The first kappa shape index (κ1) is 17.4. The van der Waals surface area contributed by atoms with E-state index in [1.165, 1.54) is 12.3 Å². The Morgan fingerprint density at radius 2 is 1.96 bits per heavy atom. The molecule has 0 bridgehead atoms. The first-order chi connectivity index (χ1) is 11.3. The summed E-state index contributed by atoms with van der Waals surface area (Å²) in [4.78, 5) is 14.1. The van der Waals surface area contributed by atoms with Gasteiger partial charge in [-0.05, 0) is 54.9 Å². The molecule has 1 saturated heterocycles. The Bertz CT molecular complexity index is 740. The van der Waals surface area contributed by atoms with Crippen molar-refractivity contribution in [2.45, 2.75) is 38.5 Å². The molecular formula is C18H25FN2O2S. The quantitative estimate of drug-likeness (QED) is 0.886. The van der Waals surface area contributed by atoms with Crippen LogP contribution in [-0.2, 0) is 33.8 Å². The number of nitrogens with zero attached hydrogens (tertiary/aromatic N) is 1. The second-order valence-corrected chi connectivity index (χ2v) is 9.55. The maximum Gasteiger partial charge on any atom is 0.222 e. The number of aryl methyl sites for hydroxylation is 1. The second kappa shape index (κ2) is 6.82. The zero-order chi connectivity index (χ0) is 17.3. The highest BCUT2D eigenvalue weighted by Crippen LogP contribution is 2.28. The van der Waals surface area contributed by atoms with Crippen LogP contribution in [0.2, 0.25) is 0 Å². The molecule has 1 atom stereocenters. The van der Waals surface area contributed by atoms with Crippen molar-refractivity contribution in [1.29, 1.82) is 4.78 Å². The molecular weight excluding hydrogens is 327 g/mol. The minimum absolute atomic E-state index is 0.104. The van der Waals surface area contributed by atoms with E-state index in [1.54, 1.807) is 4.90 Å². The van der Waals surface area contributed by atoms with Crippen LogP contribution in [0.25, 0.3) is 0 Å². The Labute approximate surface area is 143 Å². The maximum atomic E-state index is 13.9. The van der Waals surface area contributed by atoms with Gasteiger partial charge in [0, 0.05) is 47.2 Å². The molecule has 1 aromatic carbocycles. The van der Waals surface area contributed by atoms with Gasteiger partial charge in [0.2, 0.25) is 5.91 Å². The molecule has 1 aromatic rings. The maximum absolute atomic E-state index is 13.9. The van der Waals surface area contributed by atoms with Crippen LogP contribution in [0.5, 0.6) is 0 Å². The third-order valence-electron chi connectivity index (χ3n) is 5.05. The lowest BCUT2D eigenvalue weighted by Gasteiger charge is -2.39. The van der Waals surface area contributed by atoms with Crippen LogP contribution in [0.1, 0.15) is 36.0 Å². The van der Waals surface area contributed by atoms with Gasteiger partial charge >= 0.3 is 0 Å². The molecule has 0 aromatic heterocycles. The lowest BCUT2D eigenvalue weighted by atomic mass is 9.86. The van der Waals surface area contributed by atoms with E-state index in [-0.39, 0.29) is 17.6 Å². The number of halogens is 1. The normalized spacial score (nSPS) is 20.2. The van der Waals surface area contributed by atoms with Gasteiger partial charge in [-0.1, -0.05) is 6.07 Å². The molecule has 0 saturated carbocycles. The fraction of sp³-hybridized carbons (Fsp3) is 0.611. The number of likely N-dealkylation sites (tertiary alicyclic amines) is 1. The zero-order valence-electron chi connectivity index (χ0n) is 14.1. The minimum Gasteiger partial charge on any atom is -0.342 e. The summed E-state index contributed by atoms with van der Waals surface area (Å²) in [6, 6.07) is 3.37. The molecule has 1 fully saturated rings. The van der Waals surface area contributed by atoms with E-state index in [1.807, 2.05) is 6.07 Å². The molecule has 24 heavy (non-hydrogen) atoms. The standard InChI is InChI=1S/C18H25FN2O2S/c1-24(20,23)12-13-10-21(11-13)18(22)9-7-14-6-8-17(19)16-5-3-2-4-15(14)16/h6,8,13,20H,2-5,7,9-12H2,1H3. The van der Waals surface area contributed by atoms with Crippen molar-refractivity contribution in [3.05, 3.63) is 34.6 Å². The summed E-state index contributed by atoms with van der Waals surface area (Å²) in [5.41, 5.74) is 3.08. The Morgan fingerprint density at radius 3 is 2.62 bits per heavy atom. The highest BCUT2D eigenvalue weighted by atomic mass is 32.2. The third-order valence-corrected chi connectivity index (χ3v) is 6.15. The monoisotopic (exact) mass is 352 g/mol. The van der Waals surface area contributed by atoms with E-state index in [9.17, 15) is 13.4 Å². The van der Waals surface area contributed by atoms with Crippen LogP contribution < -0.4 is 0 Å². The summed E-state index contributed by atoms with van der Waals surface area (Å²) >= 11 is 0. The van der Waals surface area contributed by atoms with E-state index in [0.717, 1.165) is 42.4 Å². The van der Waals surface area contributed by atoms with Crippen LogP contribution in [0, 0.1) is 16.5 Å². The van der Waals surface area contributed by atoms with Crippen LogP contribution in [0.4, 0.5) is 4.39 Å². The van der Waals surface area contributed by atoms with Crippen molar-refractivity contribution in [3.8, 4) is 0 Å². The number of hydrogen-bond acceptors (Lipinski definition) is 3. The highest BCUT2D eigenvalue weighted by Gasteiger charge is 2.31. The van der Waals surface area contributed by atoms with Gasteiger partial charge in [-0.25, -0.2) is 4.39 Å². The summed E-state index contributed by atoms with van der Waals surface area (Å²) in [6.45, 7) is 1.23. The van der Waals surface area contributed by atoms with Crippen molar-refractivity contribution in [2.24, 2.45) is 5.92 Å². The predicted molar refractivity (Wildman–Crippen MR) is 93.1 cm³/mol. The average Bonchev–Trinajstić information content (AvgIpc) is 2.49. The van der Waals surface area contributed by atoms with Crippen LogP contribution >= 0.6 is 0 Å². The lowest BCUT2D eigenvalue weighted by Crippen LogP contribution is -2.52. The van der Waals surface area contributed by atoms with Gasteiger partial charge in [-0.2, -0.15) is 0 Å². The number of rotatable bonds is 5. The number of fused-ring (bicyclic) bond motifs is 1. The second-order valence-electron chi connectivity index (χ2n) is 7.21. The summed E-state index contributed by atoms with van der Waals surface area (Å²) in [5.74, 6) is 0.571. The summed E-state index contributed by atoms with van der Waals surface area (Å²) < 4.78 is 32.8. The SMILES string of the molecule is CS(=N)(=O)CC1CN(C(=O)CCc2ccc(F)c3c2CCCC3)C1. The number of carbonyl (C=O) groups excluding carboxylic acids is 1. The molecule has 1 amide bonds. The van der Waals surface area contributed by atoms with Gasteiger partial charge in [0.05, 0.1) is 0 Å². The average molecular weight is 352 g/mol. The number of benzene rings is 1. The molecule has 6 heteroatoms. The first-order valence-electron chi connectivity index (χ1n) is 8.62. The van der Waals surface area contributed by atoms with Crippen molar-refractivity contribution in [2.75, 3.05) is 25.1 Å². The molecule has 1 N–H and O–H groups in total. The Kier molecular flexibility index (Phi) is 4.95. The molecule has 4 nitrogen and oxygen atoms in total. The lowest BCUT2D eigenvalue weighted by molar-refractivity contribution is -0.136. The smallest absolute Gasteiger partial charge is 0.222 e. The van der Waals surface area contributed by atoms with E-state index in [4.69, 9.17) is 4.78 Å². The van der Waals surface area contributed by atoms with Crippen molar-refractivity contribution in [3.63, 3.8) is 0 Å². The van der Waals surface area contributed by atoms with Crippen molar-refractivity contribution < 1.29 is 13.4 Å². The van der Waals surface area contributed by atoms with Gasteiger partial charge in [0.15, 0.2) is 0 Å². The fourth-order valence-corrected chi connectivity index (χ4v) is 4.97. The van der Waals surface area contributed by atoms with Crippen molar-refractivity contribution >= 4 is 15.6 Å². The van der Waals surface area contributed by atoms with Crippen LogP contribution in [0.15, 0.2) is 12.1 Å². The van der Waals surface area contributed by atoms with Gasteiger partial charge < -0.3 is 4.90 Å². The molecule has 0 radical (unpaired) electrons. The Hall–Kier alpha value is -1.43. The molecule has 3 rings (SSSR count). The van der Waals surface area contributed by atoms with Gasteiger partial charge in [0.1, 0.15) is 5.82 Å². The van der Waals surface area contributed by atoms with Gasteiger partial charge in [0.25, 0.3) is 0 Å². The minimum atomic E-state index is -2.48. The largest absolute Gasteiger partial charge is 0.342 e. The fourth-order valence-electron chi connectivity index (χ4n) is 3.86. The van der Waals surface area contributed by atoms with Crippen LogP contribution in [0.3, 0.4) is 0 Å². The van der Waals surface area contributed by atoms with Crippen molar-refractivity contribution in [1.82, 2.24) is 4.90 Å². The Balaban J connectivity index is 1.55. The van der Waals surface area contributed by atoms with E-state index in [2.05, 4.69) is 0 Å². The third kappa shape index (κ3) is 3.97. The Morgan fingerprint density at radius 1 is 1.29 bits per heavy atom. The summed E-state index contributed by atoms with van der Waals surface area (Å²) in [6.07, 6.45) is 6.40. The molecule has 1 heterocycles.